The van der Waals surface area contributed by atoms with Crippen LogP contribution >= 0.6 is 11.3 Å². The number of hydrogen-bond acceptors (Lipinski definition) is 9. The fraction of sp³-hybridized carbons (Fsp3) is 0.289. The Labute approximate surface area is 302 Å². The molecule has 0 atom stereocenters. The van der Waals surface area contributed by atoms with Crippen molar-refractivity contribution in [2.75, 3.05) is 39.2 Å². The molecule has 14 heteroatoms. The Kier molecular flexibility index (Phi) is 12.6. The van der Waals surface area contributed by atoms with E-state index in [9.17, 15) is 37.1 Å². The van der Waals surface area contributed by atoms with Crippen LogP contribution in [0.2, 0.25) is 0 Å². The van der Waals surface area contributed by atoms with Crippen molar-refractivity contribution in [3.63, 3.8) is 0 Å². The molecule has 4 aromatic rings. The van der Waals surface area contributed by atoms with Gasteiger partial charge >= 0.3 is 24.1 Å². The minimum absolute atomic E-state index is 0.0372. The molecule has 1 heterocycles. The molecule has 1 N–H and O–H groups in total. The van der Waals surface area contributed by atoms with Crippen molar-refractivity contribution in [1.29, 1.82) is 0 Å². The molecule has 0 aliphatic rings. The number of hydrogen-bond donors (Lipinski definition) is 1. The number of alkyl halides is 3. The Hall–Kier alpha value is -5.50. The minimum Gasteiger partial charge on any atom is -0.465 e. The van der Waals surface area contributed by atoms with E-state index in [-0.39, 0.29) is 41.3 Å². The molecule has 0 radical (unpaired) electrons. The second-order valence-electron chi connectivity index (χ2n) is 11.7. The molecule has 52 heavy (non-hydrogen) atoms. The fourth-order valence-corrected chi connectivity index (χ4v) is 6.26. The number of amides is 2. The molecule has 10 nitrogen and oxygen atoms in total. The van der Waals surface area contributed by atoms with Gasteiger partial charge in [-0.3, -0.25) is 24.0 Å². The molecule has 3 aromatic carbocycles. The first-order valence-corrected chi connectivity index (χ1v) is 16.9. The van der Waals surface area contributed by atoms with Gasteiger partial charge in [-0.2, -0.15) is 13.2 Å². The summed E-state index contributed by atoms with van der Waals surface area (Å²) >= 11 is 1.16. The maximum atomic E-state index is 13.6. The van der Waals surface area contributed by atoms with Gasteiger partial charge in [0.05, 0.1) is 36.4 Å². The number of anilines is 1. The minimum atomic E-state index is -4.52. The summed E-state index contributed by atoms with van der Waals surface area (Å²) in [4.78, 5) is 69.0. The Morgan fingerprint density at radius 1 is 0.788 bits per heavy atom. The second-order valence-corrected chi connectivity index (χ2v) is 13.0. The third-order valence-corrected chi connectivity index (χ3v) is 9.03. The van der Waals surface area contributed by atoms with E-state index in [1.165, 1.54) is 55.4 Å². The molecular formula is C38H37F3N2O8S. The lowest BCUT2D eigenvalue weighted by Gasteiger charge is -2.27. The number of ether oxygens (including phenoxy) is 3. The van der Waals surface area contributed by atoms with Crippen molar-refractivity contribution in [1.82, 2.24) is 4.90 Å². The average molecular weight is 739 g/mol. The predicted molar refractivity (Wildman–Crippen MR) is 188 cm³/mol. The zero-order valence-electron chi connectivity index (χ0n) is 29.1. The van der Waals surface area contributed by atoms with Gasteiger partial charge in [-0.25, -0.2) is 0 Å². The van der Waals surface area contributed by atoms with E-state index in [0.29, 0.717) is 16.7 Å². The summed E-state index contributed by atoms with van der Waals surface area (Å²) < 4.78 is 55.4. The smallest absolute Gasteiger partial charge is 0.416 e. The quantitative estimate of drug-likeness (QED) is 0.0897. The van der Waals surface area contributed by atoms with Crippen molar-refractivity contribution in [3.05, 3.63) is 111 Å². The van der Waals surface area contributed by atoms with Gasteiger partial charge in [0.15, 0.2) is 0 Å². The predicted octanol–water partition coefficient (Wildman–Crippen LogP) is 6.85. The van der Waals surface area contributed by atoms with Gasteiger partial charge in [-0.05, 0) is 79.9 Å². The first kappa shape index (κ1) is 39.3. The number of benzene rings is 3. The molecule has 2 amide bonds. The molecule has 0 aliphatic carbocycles. The fourth-order valence-electron chi connectivity index (χ4n) is 5.24. The largest absolute Gasteiger partial charge is 0.465 e. The third-order valence-electron chi connectivity index (χ3n) is 7.87. The first-order chi connectivity index (χ1) is 24.6. The lowest BCUT2D eigenvalue weighted by molar-refractivity contribution is -0.170. The van der Waals surface area contributed by atoms with E-state index >= 15 is 0 Å². The standard InChI is InChI=1S/C38H37F3N2O8S/c1-6-49-35(47)37(36(48)50-7-2,31-19-12-23(3)52-31)22-51-32(44)21-24-13-18-30(29(20-24)34(46)43(4)5)42-33(45)28-11-9-8-10-27(28)25-14-16-26(17-15-25)38(39,40)41/h8-20H,6-7,21-22H2,1-5H3,(H,42,45). The first-order valence-electron chi connectivity index (χ1n) is 16.1. The SMILES string of the molecule is CCOC(=O)C(COC(=O)Cc1ccc(NC(=O)c2ccccc2-c2ccc(C(F)(F)F)cc2)c(C(=O)N(C)C)c1)(C(=O)OCC)c1ccc(C)s1. The normalized spacial score (nSPS) is 11.4. The van der Waals surface area contributed by atoms with Crippen molar-refractivity contribution in [2.45, 2.75) is 38.8 Å². The van der Waals surface area contributed by atoms with E-state index < -0.39 is 53.5 Å². The summed E-state index contributed by atoms with van der Waals surface area (Å²) in [6.07, 6.45) is -4.89. The topological polar surface area (TPSA) is 128 Å². The number of halogens is 3. The van der Waals surface area contributed by atoms with Crippen LogP contribution in [-0.4, -0.2) is 68.5 Å². The number of esters is 3. The molecule has 0 saturated carbocycles. The number of aryl methyl sites for hydroxylation is 1. The summed E-state index contributed by atoms with van der Waals surface area (Å²) in [5, 5.41) is 2.72. The van der Waals surface area contributed by atoms with Gasteiger partial charge < -0.3 is 24.4 Å². The lowest BCUT2D eigenvalue weighted by atomic mass is 9.87. The van der Waals surface area contributed by atoms with Crippen LogP contribution in [0.3, 0.4) is 0 Å². The molecule has 4 rings (SSSR count). The van der Waals surface area contributed by atoms with Crippen molar-refractivity contribution in [2.24, 2.45) is 0 Å². The highest BCUT2D eigenvalue weighted by Crippen LogP contribution is 2.35. The van der Waals surface area contributed by atoms with Crippen LogP contribution in [0.1, 0.15) is 55.4 Å². The highest BCUT2D eigenvalue weighted by Gasteiger charge is 2.53. The summed E-state index contributed by atoms with van der Waals surface area (Å²) in [5.41, 5.74) is -1.53. The zero-order valence-corrected chi connectivity index (χ0v) is 29.9. The summed E-state index contributed by atoms with van der Waals surface area (Å²) in [7, 11) is 3.01. The number of nitrogens with one attached hydrogen (secondary N) is 1. The van der Waals surface area contributed by atoms with Crippen molar-refractivity contribution >= 4 is 46.7 Å². The molecule has 274 valence electrons. The highest BCUT2D eigenvalue weighted by atomic mass is 32.1. The molecule has 0 bridgehead atoms. The Bertz CT molecular complexity index is 1940. The second kappa shape index (κ2) is 16.7. The average Bonchev–Trinajstić information content (AvgIpc) is 3.54. The number of nitrogens with zero attached hydrogens (tertiary/aromatic N) is 1. The van der Waals surface area contributed by atoms with Crippen LogP contribution in [0.5, 0.6) is 0 Å². The molecule has 0 saturated heterocycles. The van der Waals surface area contributed by atoms with E-state index in [0.717, 1.165) is 28.3 Å². The molecule has 0 aliphatic heterocycles. The monoisotopic (exact) mass is 738 g/mol. The van der Waals surface area contributed by atoms with E-state index in [4.69, 9.17) is 14.2 Å². The lowest BCUT2D eigenvalue weighted by Crippen LogP contribution is -2.50. The number of carbonyl (C=O) groups is 5. The van der Waals surface area contributed by atoms with Gasteiger partial charge in [0.25, 0.3) is 11.8 Å². The number of carbonyl (C=O) groups excluding carboxylic acids is 5. The zero-order chi connectivity index (χ0) is 38.2. The molecule has 0 spiro atoms. The molecule has 0 unspecified atom stereocenters. The van der Waals surface area contributed by atoms with E-state index in [1.807, 2.05) is 0 Å². The van der Waals surface area contributed by atoms with Crippen LogP contribution in [0.25, 0.3) is 11.1 Å². The molecule has 0 fully saturated rings. The summed E-state index contributed by atoms with van der Waals surface area (Å²) in [6.45, 7) is 4.18. The van der Waals surface area contributed by atoms with Gasteiger partial charge in [0.1, 0.15) is 6.61 Å². The van der Waals surface area contributed by atoms with Gasteiger partial charge in [-0.15, -0.1) is 11.3 Å². The summed E-state index contributed by atoms with van der Waals surface area (Å²) in [5.74, 6) is -3.81. The Morgan fingerprint density at radius 2 is 1.42 bits per heavy atom. The van der Waals surface area contributed by atoms with Crippen LogP contribution in [0.15, 0.2) is 78.9 Å². The van der Waals surface area contributed by atoms with Gasteiger partial charge in [-0.1, -0.05) is 36.4 Å². The third kappa shape index (κ3) is 8.86. The van der Waals surface area contributed by atoms with Crippen LogP contribution < -0.4 is 5.32 Å². The molecular weight excluding hydrogens is 701 g/mol. The van der Waals surface area contributed by atoms with Gasteiger partial charge in [0.2, 0.25) is 5.41 Å². The van der Waals surface area contributed by atoms with Gasteiger partial charge in [0, 0.05) is 29.4 Å². The summed E-state index contributed by atoms with van der Waals surface area (Å²) in [6, 6.07) is 18.4. The highest BCUT2D eigenvalue weighted by molar-refractivity contribution is 7.12. The Balaban J connectivity index is 1.60. The van der Waals surface area contributed by atoms with Crippen LogP contribution in [0.4, 0.5) is 18.9 Å². The van der Waals surface area contributed by atoms with Crippen molar-refractivity contribution < 1.29 is 51.4 Å². The van der Waals surface area contributed by atoms with Crippen LogP contribution in [0, 0.1) is 6.92 Å². The van der Waals surface area contributed by atoms with E-state index in [2.05, 4.69) is 5.32 Å². The van der Waals surface area contributed by atoms with Crippen molar-refractivity contribution in [3.8, 4) is 11.1 Å². The maximum absolute atomic E-state index is 13.6. The number of rotatable bonds is 13. The van der Waals surface area contributed by atoms with E-state index in [1.54, 1.807) is 51.1 Å². The number of thiophene rings is 1. The molecule has 1 aromatic heterocycles. The maximum Gasteiger partial charge on any atom is 0.416 e. The Morgan fingerprint density at radius 3 is 1.98 bits per heavy atom. The van der Waals surface area contributed by atoms with Crippen LogP contribution in [-0.2, 0) is 46.6 Å².